The van der Waals surface area contributed by atoms with Crippen molar-refractivity contribution < 1.29 is 9.84 Å². The second kappa shape index (κ2) is 5.42. The predicted octanol–water partition coefficient (Wildman–Crippen LogP) is 3.66. The zero-order valence-electron chi connectivity index (χ0n) is 11.7. The molecule has 0 amide bonds. The van der Waals surface area contributed by atoms with Crippen molar-refractivity contribution in [3.63, 3.8) is 0 Å². The van der Waals surface area contributed by atoms with Crippen LogP contribution in [0.4, 0.5) is 5.69 Å². The Balaban J connectivity index is 2.04. The highest BCUT2D eigenvalue weighted by Gasteiger charge is 2.11. The molecule has 21 heavy (non-hydrogen) atoms. The molecule has 0 saturated heterocycles. The maximum absolute atomic E-state index is 9.72. The molecule has 0 spiro atoms. The van der Waals surface area contributed by atoms with Crippen LogP contribution in [0.1, 0.15) is 18.6 Å². The van der Waals surface area contributed by atoms with Gasteiger partial charge in [-0.05, 0) is 37.3 Å². The number of fused-ring (bicyclic) bond motifs is 1. The summed E-state index contributed by atoms with van der Waals surface area (Å²) in [5, 5.41) is 10.5. The van der Waals surface area contributed by atoms with Gasteiger partial charge in [-0.3, -0.25) is 4.98 Å². The average molecular weight is 280 g/mol. The van der Waals surface area contributed by atoms with Crippen molar-refractivity contribution in [3.8, 4) is 11.5 Å². The summed E-state index contributed by atoms with van der Waals surface area (Å²) in [7, 11) is 0. The first kappa shape index (κ1) is 13.4. The average Bonchev–Trinajstić information content (AvgIpc) is 2.49. The summed E-state index contributed by atoms with van der Waals surface area (Å²) < 4.78 is 5.80. The van der Waals surface area contributed by atoms with E-state index in [2.05, 4.69) is 4.98 Å². The molecule has 0 radical (unpaired) electrons. The number of nitrogens with two attached hydrogens (primary N) is 1. The van der Waals surface area contributed by atoms with Gasteiger partial charge in [0.05, 0.1) is 11.6 Å². The van der Waals surface area contributed by atoms with Gasteiger partial charge in [0.2, 0.25) is 0 Å². The topological polar surface area (TPSA) is 68.4 Å². The normalized spacial score (nSPS) is 12.3. The molecule has 1 atom stereocenters. The first-order chi connectivity index (χ1) is 10.1. The number of aromatic nitrogens is 1. The van der Waals surface area contributed by atoms with Gasteiger partial charge in [0.1, 0.15) is 11.5 Å². The third kappa shape index (κ3) is 2.66. The lowest BCUT2D eigenvalue weighted by Gasteiger charge is -2.12. The van der Waals surface area contributed by atoms with Crippen LogP contribution in [-0.4, -0.2) is 10.1 Å². The number of para-hydroxylation sites is 1. The summed E-state index contributed by atoms with van der Waals surface area (Å²) in [6.07, 6.45) is 0.959. The van der Waals surface area contributed by atoms with E-state index in [4.69, 9.17) is 10.5 Å². The van der Waals surface area contributed by atoms with Crippen molar-refractivity contribution >= 4 is 16.6 Å². The molecule has 4 nitrogen and oxygen atoms in total. The van der Waals surface area contributed by atoms with Gasteiger partial charge < -0.3 is 15.6 Å². The molecule has 1 unspecified atom stereocenters. The first-order valence-electron chi connectivity index (χ1n) is 6.74. The summed E-state index contributed by atoms with van der Waals surface area (Å²) in [6.45, 7) is 1.67. The molecule has 0 saturated carbocycles. The van der Waals surface area contributed by atoms with Gasteiger partial charge in [0, 0.05) is 22.8 Å². The Morgan fingerprint density at radius 3 is 2.57 bits per heavy atom. The zero-order valence-corrected chi connectivity index (χ0v) is 11.7. The van der Waals surface area contributed by atoms with E-state index in [1.54, 1.807) is 13.1 Å². The van der Waals surface area contributed by atoms with Crippen molar-refractivity contribution in [2.75, 3.05) is 5.73 Å². The minimum Gasteiger partial charge on any atom is -0.457 e. The lowest BCUT2D eigenvalue weighted by Crippen LogP contribution is -2.01. The number of aliphatic hydroxyl groups excluding tert-OH is 1. The van der Waals surface area contributed by atoms with E-state index >= 15 is 0 Å². The minimum absolute atomic E-state index is 0.536. The highest BCUT2D eigenvalue weighted by molar-refractivity contribution is 5.92. The predicted molar refractivity (Wildman–Crippen MR) is 83.3 cm³/mol. The molecule has 1 heterocycles. The quantitative estimate of drug-likeness (QED) is 0.768. The zero-order chi connectivity index (χ0) is 14.8. The molecule has 3 aromatic rings. The third-order valence-corrected chi connectivity index (χ3v) is 3.34. The highest BCUT2D eigenvalue weighted by atomic mass is 16.5. The van der Waals surface area contributed by atoms with Crippen LogP contribution in [0.3, 0.4) is 0 Å². The molecule has 3 N–H and O–H groups in total. The molecule has 0 aliphatic heterocycles. The summed E-state index contributed by atoms with van der Waals surface area (Å²) in [5.41, 5.74) is 8.06. The van der Waals surface area contributed by atoms with Crippen molar-refractivity contribution in [2.24, 2.45) is 0 Å². The standard InChI is InChI=1S/C17H16N2O2/c1-11(20)15-10-19-16-8-7-13(9-14(16)17(15)18)21-12-5-3-2-4-6-12/h2-11,20H,1H3,(H2,18,19). The number of hydrogen-bond donors (Lipinski definition) is 2. The Morgan fingerprint density at radius 1 is 1.10 bits per heavy atom. The molecule has 3 rings (SSSR count). The summed E-state index contributed by atoms with van der Waals surface area (Å²) >= 11 is 0. The molecule has 1 aromatic heterocycles. The number of aliphatic hydroxyl groups is 1. The van der Waals surface area contributed by atoms with Gasteiger partial charge in [0.15, 0.2) is 0 Å². The number of rotatable bonds is 3. The summed E-state index contributed by atoms with van der Waals surface area (Å²) in [4.78, 5) is 4.32. The van der Waals surface area contributed by atoms with Crippen LogP contribution in [-0.2, 0) is 0 Å². The molecule has 106 valence electrons. The molecule has 4 heteroatoms. The van der Waals surface area contributed by atoms with Gasteiger partial charge in [-0.2, -0.15) is 0 Å². The van der Waals surface area contributed by atoms with E-state index in [0.29, 0.717) is 17.0 Å². The van der Waals surface area contributed by atoms with Gasteiger partial charge >= 0.3 is 0 Å². The van der Waals surface area contributed by atoms with Crippen molar-refractivity contribution in [1.29, 1.82) is 0 Å². The number of ether oxygens (including phenoxy) is 1. The lowest BCUT2D eigenvalue weighted by molar-refractivity contribution is 0.200. The fourth-order valence-electron chi connectivity index (χ4n) is 2.23. The molecule has 2 aromatic carbocycles. The Hall–Kier alpha value is -2.59. The molecule has 0 aliphatic carbocycles. The first-order valence-corrected chi connectivity index (χ1v) is 6.74. The number of anilines is 1. The van der Waals surface area contributed by atoms with Crippen LogP contribution in [0.5, 0.6) is 11.5 Å². The largest absolute Gasteiger partial charge is 0.457 e. The maximum atomic E-state index is 9.72. The maximum Gasteiger partial charge on any atom is 0.128 e. The molecule has 0 aliphatic rings. The van der Waals surface area contributed by atoms with E-state index in [0.717, 1.165) is 16.7 Å². The lowest BCUT2D eigenvalue weighted by atomic mass is 10.1. The number of pyridine rings is 1. The van der Waals surface area contributed by atoms with Crippen molar-refractivity contribution in [1.82, 2.24) is 4.98 Å². The Kier molecular flexibility index (Phi) is 3.46. The van der Waals surface area contributed by atoms with Gasteiger partial charge in [0.25, 0.3) is 0 Å². The van der Waals surface area contributed by atoms with Crippen LogP contribution in [0.2, 0.25) is 0 Å². The molecule has 0 fully saturated rings. The number of hydrogen-bond acceptors (Lipinski definition) is 4. The van der Waals surface area contributed by atoms with Gasteiger partial charge in [-0.1, -0.05) is 18.2 Å². The highest BCUT2D eigenvalue weighted by Crippen LogP contribution is 2.31. The van der Waals surface area contributed by atoms with Crippen LogP contribution in [0.25, 0.3) is 10.9 Å². The molecular weight excluding hydrogens is 264 g/mol. The number of nitrogens with zero attached hydrogens (tertiary/aromatic N) is 1. The molecular formula is C17H16N2O2. The number of nitrogen functional groups attached to an aromatic ring is 1. The number of benzene rings is 2. The van der Waals surface area contributed by atoms with Crippen LogP contribution in [0.15, 0.2) is 54.7 Å². The van der Waals surface area contributed by atoms with E-state index in [1.807, 2.05) is 48.5 Å². The van der Waals surface area contributed by atoms with Crippen LogP contribution >= 0.6 is 0 Å². The Morgan fingerprint density at radius 2 is 1.86 bits per heavy atom. The van der Waals surface area contributed by atoms with Gasteiger partial charge in [-0.15, -0.1) is 0 Å². The van der Waals surface area contributed by atoms with E-state index < -0.39 is 6.10 Å². The Bertz CT molecular complexity index is 770. The fraction of sp³-hybridized carbons (Fsp3) is 0.118. The Labute approximate surface area is 122 Å². The SMILES string of the molecule is CC(O)c1cnc2ccc(Oc3ccccc3)cc2c1N. The van der Waals surface area contributed by atoms with Crippen LogP contribution in [0, 0.1) is 0 Å². The van der Waals surface area contributed by atoms with Gasteiger partial charge in [-0.25, -0.2) is 0 Å². The van der Waals surface area contributed by atoms with E-state index in [9.17, 15) is 5.11 Å². The smallest absolute Gasteiger partial charge is 0.128 e. The van der Waals surface area contributed by atoms with E-state index in [1.165, 1.54) is 0 Å². The second-order valence-electron chi connectivity index (χ2n) is 4.90. The second-order valence-corrected chi connectivity index (χ2v) is 4.90. The summed E-state index contributed by atoms with van der Waals surface area (Å²) in [6, 6.07) is 15.1. The van der Waals surface area contributed by atoms with E-state index in [-0.39, 0.29) is 0 Å². The van der Waals surface area contributed by atoms with Crippen molar-refractivity contribution in [2.45, 2.75) is 13.0 Å². The minimum atomic E-state index is -0.652. The van der Waals surface area contributed by atoms with Crippen molar-refractivity contribution in [3.05, 3.63) is 60.3 Å². The summed E-state index contributed by atoms with van der Waals surface area (Å²) in [5.74, 6) is 1.44. The van der Waals surface area contributed by atoms with Crippen LogP contribution < -0.4 is 10.5 Å². The molecule has 0 bridgehead atoms. The third-order valence-electron chi connectivity index (χ3n) is 3.34. The fourth-order valence-corrected chi connectivity index (χ4v) is 2.23. The monoisotopic (exact) mass is 280 g/mol.